The number of benzene rings is 1. The summed E-state index contributed by atoms with van der Waals surface area (Å²) < 4.78 is 0. The average molecular weight is 214 g/mol. The first kappa shape index (κ1) is 11.5. The van der Waals surface area contributed by atoms with E-state index in [4.69, 9.17) is 5.11 Å². The third-order valence-electron chi connectivity index (χ3n) is 2.69. The van der Waals surface area contributed by atoms with Crippen LogP contribution < -0.4 is 5.32 Å². The third-order valence-corrected chi connectivity index (χ3v) is 2.69. The molecule has 2 nitrogen and oxygen atoms in total. The first-order chi connectivity index (χ1) is 6.40. The molecule has 1 saturated heterocycles. The summed E-state index contributed by atoms with van der Waals surface area (Å²) in [6, 6.07) is 8.27. The van der Waals surface area contributed by atoms with Gasteiger partial charge < -0.3 is 10.4 Å². The van der Waals surface area contributed by atoms with Crippen molar-refractivity contribution in [1.29, 1.82) is 0 Å². The summed E-state index contributed by atoms with van der Waals surface area (Å²) in [6.07, 6.45) is 1.23. The smallest absolute Gasteiger partial charge is 0.0681 e. The second kappa shape index (κ2) is 5.35. The summed E-state index contributed by atoms with van der Waals surface area (Å²) in [6.45, 7) is 2.37. The highest BCUT2D eigenvalue weighted by Crippen LogP contribution is 2.22. The summed E-state index contributed by atoms with van der Waals surface area (Å²) in [7, 11) is 0. The molecule has 1 aromatic rings. The van der Waals surface area contributed by atoms with Gasteiger partial charge in [0.2, 0.25) is 0 Å². The van der Waals surface area contributed by atoms with Crippen LogP contribution in [0, 0.1) is 0 Å². The Morgan fingerprint density at radius 3 is 2.50 bits per heavy atom. The van der Waals surface area contributed by atoms with E-state index in [2.05, 4.69) is 17.4 Å². The molecule has 1 atom stereocenters. The number of hydrogen-bond donors (Lipinski definition) is 2. The number of rotatable bonds is 2. The zero-order valence-corrected chi connectivity index (χ0v) is 8.89. The van der Waals surface area contributed by atoms with E-state index in [0.29, 0.717) is 5.92 Å². The van der Waals surface area contributed by atoms with Gasteiger partial charge in [0.15, 0.2) is 0 Å². The van der Waals surface area contributed by atoms with Crippen molar-refractivity contribution < 1.29 is 5.11 Å². The second-order valence-corrected chi connectivity index (χ2v) is 3.59. The van der Waals surface area contributed by atoms with E-state index in [1.807, 2.05) is 12.1 Å². The Bertz CT molecular complexity index is 267. The molecule has 0 bridgehead atoms. The number of aliphatic hydroxyl groups excluding tert-OH is 1. The molecule has 3 heteroatoms. The van der Waals surface area contributed by atoms with Crippen molar-refractivity contribution in [2.24, 2.45) is 0 Å². The minimum atomic E-state index is 0. The number of nitrogens with one attached hydrogen (secondary N) is 1. The Morgan fingerprint density at radius 2 is 2.00 bits per heavy atom. The van der Waals surface area contributed by atoms with Crippen LogP contribution >= 0.6 is 12.4 Å². The quantitative estimate of drug-likeness (QED) is 0.784. The lowest BCUT2D eigenvalue weighted by Gasteiger charge is -2.08. The van der Waals surface area contributed by atoms with Crippen molar-refractivity contribution in [2.45, 2.75) is 18.9 Å². The van der Waals surface area contributed by atoms with Crippen LogP contribution in [0.4, 0.5) is 0 Å². The zero-order chi connectivity index (χ0) is 9.10. The van der Waals surface area contributed by atoms with Gasteiger partial charge in [0, 0.05) is 6.54 Å². The normalized spacial score (nSPS) is 20.5. The summed E-state index contributed by atoms with van der Waals surface area (Å²) in [5, 5.41) is 12.2. The molecule has 1 unspecified atom stereocenters. The summed E-state index contributed by atoms with van der Waals surface area (Å²) in [5.74, 6) is 0.674. The molecular formula is C11H16ClNO. The SMILES string of the molecule is Cl.OCc1ccc(C2CCNC2)cc1. The minimum Gasteiger partial charge on any atom is -0.392 e. The van der Waals surface area contributed by atoms with Crippen LogP contribution in [-0.2, 0) is 6.61 Å². The highest BCUT2D eigenvalue weighted by molar-refractivity contribution is 5.85. The van der Waals surface area contributed by atoms with Gasteiger partial charge in [-0.3, -0.25) is 0 Å². The fourth-order valence-electron chi connectivity index (χ4n) is 1.83. The molecule has 2 rings (SSSR count). The molecule has 0 amide bonds. The van der Waals surface area contributed by atoms with E-state index in [-0.39, 0.29) is 19.0 Å². The Kier molecular flexibility index (Phi) is 4.39. The van der Waals surface area contributed by atoms with Crippen LogP contribution in [0.3, 0.4) is 0 Å². The van der Waals surface area contributed by atoms with Crippen molar-refractivity contribution in [3.05, 3.63) is 35.4 Å². The predicted octanol–water partition coefficient (Wildman–Crippen LogP) is 1.68. The van der Waals surface area contributed by atoms with Crippen molar-refractivity contribution in [1.82, 2.24) is 5.32 Å². The van der Waals surface area contributed by atoms with Gasteiger partial charge in [-0.25, -0.2) is 0 Å². The van der Waals surface area contributed by atoms with Crippen LogP contribution in [-0.4, -0.2) is 18.2 Å². The number of aliphatic hydroxyl groups is 1. The fraction of sp³-hybridized carbons (Fsp3) is 0.455. The van der Waals surface area contributed by atoms with E-state index in [0.717, 1.165) is 18.7 Å². The van der Waals surface area contributed by atoms with Gasteiger partial charge in [0.05, 0.1) is 6.61 Å². The van der Waals surface area contributed by atoms with Crippen LogP contribution in [0.2, 0.25) is 0 Å². The molecule has 1 heterocycles. The molecule has 78 valence electrons. The van der Waals surface area contributed by atoms with Crippen molar-refractivity contribution in [2.75, 3.05) is 13.1 Å². The van der Waals surface area contributed by atoms with Gasteiger partial charge in [-0.2, -0.15) is 0 Å². The average Bonchev–Trinajstić information content (AvgIpc) is 2.71. The van der Waals surface area contributed by atoms with Crippen molar-refractivity contribution in [3.8, 4) is 0 Å². The van der Waals surface area contributed by atoms with Crippen LogP contribution in [0.15, 0.2) is 24.3 Å². The largest absolute Gasteiger partial charge is 0.392 e. The van der Waals surface area contributed by atoms with Crippen molar-refractivity contribution >= 4 is 12.4 Å². The maximum Gasteiger partial charge on any atom is 0.0681 e. The lowest BCUT2D eigenvalue weighted by molar-refractivity contribution is 0.282. The molecule has 14 heavy (non-hydrogen) atoms. The Hall–Kier alpha value is -0.570. The molecule has 0 radical (unpaired) electrons. The summed E-state index contributed by atoms with van der Waals surface area (Å²) >= 11 is 0. The molecular weight excluding hydrogens is 198 g/mol. The minimum absolute atomic E-state index is 0. The van der Waals surface area contributed by atoms with Gasteiger partial charge in [-0.15, -0.1) is 12.4 Å². The van der Waals surface area contributed by atoms with E-state index < -0.39 is 0 Å². The van der Waals surface area contributed by atoms with Gasteiger partial charge in [0.1, 0.15) is 0 Å². The molecule has 0 spiro atoms. The Labute approximate surface area is 90.7 Å². The first-order valence-corrected chi connectivity index (χ1v) is 4.80. The molecule has 1 aliphatic heterocycles. The maximum atomic E-state index is 8.88. The van der Waals surface area contributed by atoms with E-state index in [9.17, 15) is 0 Å². The molecule has 1 fully saturated rings. The van der Waals surface area contributed by atoms with Gasteiger partial charge in [0.25, 0.3) is 0 Å². The molecule has 0 aliphatic carbocycles. The molecule has 1 aliphatic rings. The van der Waals surface area contributed by atoms with E-state index in [1.54, 1.807) is 0 Å². The second-order valence-electron chi connectivity index (χ2n) is 3.59. The maximum absolute atomic E-state index is 8.88. The molecule has 2 N–H and O–H groups in total. The van der Waals surface area contributed by atoms with Crippen LogP contribution in [0.5, 0.6) is 0 Å². The van der Waals surface area contributed by atoms with Crippen LogP contribution in [0.25, 0.3) is 0 Å². The van der Waals surface area contributed by atoms with Crippen molar-refractivity contribution in [3.63, 3.8) is 0 Å². The van der Waals surface area contributed by atoms with Gasteiger partial charge in [-0.05, 0) is 30.0 Å². The predicted molar refractivity (Wildman–Crippen MR) is 59.8 cm³/mol. The standard InChI is InChI=1S/C11H15NO.ClH/c13-8-9-1-3-10(4-2-9)11-5-6-12-7-11;/h1-4,11-13H,5-8H2;1H. The zero-order valence-electron chi connectivity index (χ0n) is 8.07. The topological polar surface area (TPSA) is 32.3 Å². The molecule has 1 aromatic carbocycles. The highest BCUT2D eigenvalue weighted by Gasteiger charge is 2.15. The Balaban J connectivity index is 0.000000980. The van der Waals surface area contributed by atoms with Crippen LogP contribution in [0.1, 0.15) is 23.5 Å². The molecule has 0 aromatic heterocycles. The third kappa shape index (κ3) is 2.47. The lowest BCUT2D eigenvalue weighted by Crippen LogP contribution is -2.07. The highest BCUT2D eigenvalue weighted by atomic mass is 35.5. The van der Waals surface area contributed by atoms with Gasteiger partial charge >= 0.3 is 0 Å². The number of hydrogen-bond acceptors (Lipinski definition) is 2. The summed E-state index contributed by atoms with van der Waals surface area (Å²) in [5.41, 5.74) is 2.39. The lowest BCUT2D eigenvalue weighted by atomic mass is 9.97. The Morgan fingerprint density at radius 1 is 1.29 bits per heavy atom. The fourth-order valence-corrected chi connectivity index (χ4v) is 1.83. The monoisotopic (exact) mass is 213 g/mol. The first-order valence-electron chi connectivity index (χ1n) is 4.80. The van der Waals surface area contributed by atoms with E-state index in [1.165, 1.54) is 12.0 Å². The van der Waals surface area contributed by atoms with E-state index >= 15 is 0 Å². The number of halogens is 1. The summed E-state index contributed by atoms with van der Waals surface area (Å²) in [4.78, 5) is 0. The molecule has 0 saturated carbocycles. The van der Waals surface area contributed by atoms with Gasteiger partial charge in [-0.1, -0.05) is 24.3 Å².